The van der Waals surface area contributed by atoms with Crippen LogP contribution in [-0.4, -0.2) is 5.24 Å². The van der Waals surface area contributed by atoms with E-state index in [1.165, 1.54) is 0 Å². The Kier molecular flexibility index (Phi) is 2.87. The van der Waals surface area contributed by atoms with Gasteiger partial charge in [-0.2, -0.15) is 0 Å². The van der Waals surface area contributed by atoms with Crippen molar-refractivity contribution in [2.45, 2.75) is 4.90 Å². The SMILES string of the molecule is O=C(Cl)c1ccc(S(F)(F)F)cc1. The Hall–Kier alpha value is -0.680. The summed E-state index contributed by atoms with van der Waals surface area (Å²) in [7, 11) is 0. The highest BCUT2D eigenvalue weighted by Gasteiger charge is 2.23. The van der Waals surface area contributed by atoms with Crippen molar-refractivity contribution in [3.63, 3.8) is 0 Å². The van der Waals surface area contributed by atoms with Crippen LogP contribution in [-0.2, 0) is 0 Å². The Bertz CT molecular complexity index is 320. The molecule has 1 aromatic carbocycles. The molecule has 0 fully saturated rings. The van der Waals surface area contributed by atoms with Gasteiger partial charge in [0.25, 0.3) is 5.24 Å². The van der Waals surface area contributed by atoms with Gasteiger partial charge in [0.15, 0.2) is 0 Å². The molecule has 0 N–H and O–H groups in total. The molecule has 0 aliphatic rings. The van der Waals surface area contributed by atoms with Crippen molar-refractivity contribution < 1.29 is 16.5 Å². The van der Waals surface area contributed by atoms with E-state index in [0.29, 0.717) is 0 Å². The maximum atomic E-state index is 12.1. The Balaban J connectivity index is 3.01. The van der Waals surface area contributed by atoms with Crippen molar-refractivity contribution in [1.82, 2.24) is 0 Å². The molecule has 0 bridgehead atoms. The highest BCUT2D eigenvalue weighted by molar-refractivity contribution is 8.20. The zero-order chi connectivity index (χ0) is 10.1. The summed E-state index contributed by atoms with van der Waals surface area (Å²) >= 11 is -0.143. The monoisotopic (exact) mass is 228 g/mol. The van der Waals surface area contributed by atoms with Crippen LogP contribution in [0.3, 0.4) is 0 Å². The second kappa shape index (κ2) is 3.59. The van der Waals surface area contributed by atoms with Crippen molar-refractivity contribution >= 4 is 28.0 Å². The number of hydrogen-bond acceptors (Lipinski definition) is 1. The van der Waals surface area contributed by atoms with Gasteiger partial charge in [-0.15, -0.1) is 11.7 Å². The number of carbonyl (C=O) groups excluding carboxylic acids is 1. The smallest absolute Gasteiger partial charge is 0.252 e. The van der Waals surface area contributed by atoms with E-state index in [2.05, 4.69) is 0 Å². The van der Waals surface area contributed by atoms with Gasteiger partial charge >= 0.3 is 0 Å². The standard InChI is InChI=1S/C7H4ClF3OS/c8-7(12)5-1-3-6(4-2-5)13(9,10)11/h1-4H. The minimum atomic E-state index is -5.20. The predicted octanol–water partition coefficient (Wildman–Crippen LogP) is 3.88. The first-order chi connectivity index (χ1) is 5.91. The number of rotatable bonds is 2. The lowest BCUT2D eigenvalue weighted by Crippen LogP contribution is -1.88. The minimum absolute atomic E-state index is 0.0640. The molecular weight excluding hydrogens is 225 g/mol. The fraction of sp³-hybridized carbons (Fsp3) is 0. The highest BCUT2D eigenvalue weighted by Crippen LogP contribution is 2.60. The summed E-state index contributed by atoms with van der Waals surface area (Å²) in [5.74, 6) is 0. The van der Waals surface area contributed by atoms with E-state index in [4.69, 9.17) is 11.6 Å². The summed E-state index contributed by atoms with van der Waals surface area (Å²) in [4.78, 5) is 9.78. The molecule has 0 heterocycles. The maximum Gasteiger partial charge on any atom is 0.252 e. The van der Waals surface area contributed by atoms with Crippen LogP contribution in [0.4, 0.5) is 11.7 Å². The maximum absolute atomic E-state index is 12.1. The van der Waals surface area contributed by atoms with Crippen molar-refractivity contribution in [2.75, 3.05) is 0 Å². The van der Waals surface area contributed by atoms with Gasteiger partial charge in [0, 0.05) is 5.56 Å². The summed E-state index contributed by atoms with van der Waals surface area (Å²) in [6.07, 6.45) is 0. The fourth-order valence-corrected chi connectivity index (χ4v) is 1.31. The zero-order valence-electron chi connectivity index (χ0n) is 6.14. The van der Waals surface area contributed by atoms with Gasteiger partial charge in [-0.1, -0.05) is 0 Å². The molecule has 0 saturated carbocycles. The molecule has 1 rings (SSSR count). The van der Waals surface area contributed by atoms with Crippen molar-refractivity contribution in [3.8, 4) is 0 Å². The molecule has 0 aliphatic carbocycles. The van der Waals surface area contributed by atoms with Crippen LogP contribution in [0.15, 0.2) is 29.2 Å². The first-order valence-corrected chi connectivity index (χ1v) is 4.84. The third-order valence-corrected chi connectivity index (χ3v) is 2.37. The summed E-state index contributed by atoms with van der Waals surface area (Å²) in [6, 6.07) is 3.83. The molecule has 72 valence electrons. The summed E-state index contributed by atoms with van der Waals surface area (Å²) in [6.45, 7) is 0. The molecule has 0 aromatic heterocycles. The molecule has 0 saturated heterocycles. The Morgan fingerprint density at radius 2 is 1.62 bits per heavy atom. The van der Waals surface area contributed by atoms with E-state index in [-0.39, 0.29) is 5.56 Å². The van der Waals surface area contributed by atoms with Crippen LogP contribution >= 0.6 is 22.8 Å². The van der Waals surface area contributed by atoms with Gasteiger partial charge in [-0.25, -0.2) is 0 Å². The lowest BCUT2D eigenvalue weighted by molar-refractivity contribution is 0.108. The van der Waals surface area contributed by atoms with Gasteiger partial charge in [0.05, 0.1) is 4.90 Å². The summed E-state index contributed by atoms with van der Waals surface area (Å²) in [5.41, 5.74) is 0.0640. The molecule has 1 nitrogen and oxygen atoms in total. The third kappa shape index (κ3) is 2.63. The van der Waals surface area contributed by atoms with E-state index in [1.54, 1.807) is 0 Å². The van der Waals surface area contributed by atoms with E-state index >= 15 is 0 Å². The van der Waals surface area contributed by atoms with Crippen LogP contribution < -0.4 is 0 Å². The molecule has 0 atom stereocenters. The fourth-order valence-electron chi connectivity index (χ4n) is 0.740. The third-order valence-electron chi connectivity index (χ3n) is 1.35. The quantitative estimate of drug-likeness (QED) is 0.702. The largest absolute Gasteiger partial charge is 0.276 e. The first kappa shape index (κ1) is 10.4. The highest BCUT2D eigenvalue weighted by atomic mass is 35.5. The van der Waals surface area contributed by atoms with E-state index in [0.717, 1.165) is 24.3 Å². The zero-order valence-corrected chi connectivity index (χ0v) is 7.71. The average Bonchev–Trinajstić information content (AvgIpc) is 2.03. The minimum Gasteiger partial charge on any atom is -0.276 e. The molecule has 0 amide bonds. The van der Waals surface area contributed by atoms with Crippen LogP contribution in [0, 0.1) is 0 Å². The van der Waals surface area contributed by atoms with Crippen LogP contribution in [0.1, 0.15) is 10.4 Å². The van der Waals surface area contributed by atoms with Crippen molar-refractivity contribution in [3.05, 3.63) is 29.8 Å². The molecule has 0 spiro atoms. The summed E-state index contributed by atoms with van der Waals surface area (Å²) in [5, 5.41) is -0.760. The van der Waals surface area contributed by atoms with Crippen molar-refractivity contribution in [2.24, 2.45) is 0 Å². The Labute approximate surface area is 79.7 Å². The molecule has 0 radical (unpaired) electrons. The van der Waals surface area contributed by atoms with Gasteiger partial charge in [0.2, 0.25) is 11.2 Å². The molecule has 0 aliphatic heterocycles. The second-order valence-corrected chi connectivity index (χ2v) is 3.83. The van der Waals surface area contributed by atoms with Gasteiger partial charge in [0.1, 0.15) is 0 Å². The Morgan fingerprint density at radius 1 is 1.15 bits per heavy atom. The van der Waals surface area contributed by atoms with Crippen LogP contribution in [0.5, 0.6) is 0 Å². The molecule has 0 unspecified atom stereocenters. The number of hydrogen-bond donors (Lipinski definition) is 0. The van der Waals surface area contributed by atoms with E-state index in [9.17, 15) is 16.5 Å². The first-order valence-electron chi connectivity index (χ1n) is 3.13. The number of carbonyl (C=O) groups is 1. The second-order valence-electron chi connectivity index (χ2n) is 2.20. The van der Waals surface area contributed by atoms with E-state index in [1.807, 2.05) is 0 Å². The van der Waals surface area contributed by atoms with Gasteiger partial charge < -0.3 is 0 Å². The Morgan fingerprint density at radius 3 is 1.92 bits per heavy atom. The molecule has 13 heavy (non-hydrogen) atoms. The van der Waals surface area contributed by atoms with Crippen LogP contribution in [0.25, 0.3) is 0 Å². The number of halogens is 4. The topological polar surface area (TPSA) is 17.1 Å². The normalized spacial score (nSPS) is 12.6. The van der Waals surface area contributed by atoms with Gasteiger partial charge in [-0.3, -0.25) is 4.79 Å². The van der Waals surface area contributed by atoms with Crippen LogP contribution in [0.2, 0.25) is 0 Å². The lowest BCUT2D eigenvalue weighted by atomic mass is 10.2. The molecule has 6 heteroatoms. The molecular formula is C7H4ClF3OS. The molecule has 1 aromatic rings. The van der Waals surface area contributed by atoms with Crippen molar-refractivity contribution in [1.29, 1.82) is 0 Å². The van der Waals surface area contributed by atoms with Gasteiger partial charge in [-0.05, 0) is 35.9 Å². The lowest BCUT2D eigenvalue weighted by Gasteiger charge is -2.09. The predicted molar refractivity (Wildman–Crippen MR) is 45.8 cm³/mol. The summed E-state index contributed by atoms with van der Waals surface area (Å²) < 4.78 is 36.3. The van der Waals surface area contributed by atoms with E-state index < -0.39 is 21.3 Å². The number of benzene rings is 1. The average molecular weight is 229 g/mol.